The summed E-state index contributed by atoms with van der Waals surface area (Å²) in [4.78, 5) is 23.9. The van der Waals surface area contributed by atoms with Gasteiger partial charge < -0.3 is 10.1 Å². The Hall–Kier alpha value is -3.48. The number of ether oxygens (including phenoxy) is 1. The van der Waals surface area contributed by atoms with E-state index in [0.717, 1.165) is 0 Å². The Labute approximate surface area is 149 Å². The van der Waals surface area contributed by atoms with Gasteiger partial charge in [-0.2, -0.15) is 5.10 Å². The van der Waals surface area contributed by atoms with Crippen LogP contribution < -0.4 is 5.32 Å². The Morgan fingerprint density at radius 3 is 2.35 bits per heavy atom. The monoisotopic (exact) mass is 353 g/mol. The minimum atomic E-state index is -0.445. The van der Waals surface area contributed by atoms with Crippen LogP contribution in [-0.4, -0.2) is 28.8 Å². The van der Waals surface area contributed by atoms with Crippen molar-refractivity contribution in [2.75, 3.05) is 12.4 Å². The summed E-state index contributed by atoms with van der Waals surface area (Å²) in [7, 11) is 1.31. The Balaban J connectivity index is 1.78. The van der Waals surface area contributed by atoms with E-state index in [-0.39, 0.29) is 11.7 Å². The molecule has 0 aliphatic carbocycles. The molecule has 7 heteroatoms. The molecule has 1 heterocycles. The average molecular weight is 353 g/mol. The second-order valence-electron chi connectivity index (χ2n) is 5.55. The number of aromatic nitrogens is 2. The number of rotatable bonds is 4. The number of esters is 1. The van der Waals surface area contributed by atoms with Crippen LogP contribution in [0.2, 0.25) is 0 Å². The molecule has 3 aromatic rings. The van der Waals surface area contributed by atoms with Crippen LogP contribution in [-0.2, 0) is 4.74 Å². The molecule has 0 fully saturated rings. The molecule has 0 aliphatic rings. The van der Waals surface area contributed by atoms with Gasteiger partial charge in [0.2, 0.25) is 0 Å². The van der Waals surface area contributed by atoms with Crippen LogP contribution in [0.15, 0.2) is 54.7 Å². The standard InChI is InChI=1S/C19H16FN3O3/c1-12-17(11-21-23(12)16-9-5-14(20)6-10-16)18(24)22-15-7-3-13(4-8-15)19(25)26-2/h3-11H,1-2H3,(H,22,24). The minimum Gasteiger partial charge on any atom is -0.465 e. The van der Waals surface area contributed by atoms with Gasteiger partial charge in [-0.3, -0.25) is 4.79 Å². The average Bonchev–Trinajstić information content (AvgIpc) is 3.04. The first-order chi connectivity index (χ1) is 12.5. The van der Waals surface area contributed by atoms with Crippen LogP contribution in [0, 0.1) is 12.7 Å². The molecule has 1 N–H and O–H groups in total. The normalized spacial score (nSPS) is 10.4. The number of carbonyl (C=O) groups excluding carboxylic acids is 2. The fourth-order valence-corrected chi connectivity index (χ4v) is 2.48. The number of benzene rings is 2. The lowest BCUT2D eigenvalue weighted by atomic mass is 10.2. The number of nitrogens with zero attached hydrogens (tertiary/aromatic N) is 2. The van der Waals surface area contributed by atoms with E-state index in [9.17, 15) is 14.0 Å². The van der Waals surface area contributed by atoms with E-state index in [2.05, 4.69) is 15.2 Å². The first-order valence-corrected chi connectivity index (χ1v) is 7.80. The van der Waals surface area contributed by atoms with Crippen LogP contribution in [0.5, 0.6) is 0 Å². The molecule has 6 nitrogen and oxygen atoms in total. The highest BCUT2D eigenvalue weighted by Crippen LogP contribution is 2.17. The molecule has 2 aromatic carbocycles. The SMILES string of the molecule is COC(=O)c1ccc(NC(=O)c2cnn(-c3ccc(F)cc3)c2C)cc1. The molecule has 0 radical (unpaired) electrons. The Bertz CT molecular complexity index is 947. The molecule has 132 valence electrons. The molecule has 26 heavy (non-hydrogen) atoms. The number of anilines is 1. The van der Waals surface area contributed by atoms with E-state index in [1.165, 1.54) is 25.4 Å². The summed E-state index contributed by atoms with van der Waals surface area (Å²) in [5.74, 6) is -1.12. The zero-order valence-electron chi connectivity index (χ0n) is 14.2. The predicted octanol–water partition coefficient (Wildman–Crippen LogP) is 3.36. The van der Waals surface area contributed by atoms with E-state index < -0.39 is 5.97 Å². The summed E-state index contributed by atoms with van der Waals surface area (Å²) in [6.45, 7) is 1.76. The van der Waals surface area contributed by atoms with Gasteiger partial charge in [0.1, 0.15) is 5.82 Å². The van der Waals surface area contributed by atoms with Gasteiger partial charge in [-0.1, -0.05) is 0 Å². The first kappa shape index (κ1) is 17.3. The summed E-state index contributed by atoms with van der Waals surface area (Å²) in [6, 6.07) is 12.2. The molecule has 0 saturated carbocycles. The smallest absolute Gasteiger partial charge is 0.337 e. The maximum absolute atomic E-state index is 13.1. The number of halogens is 1. The van der Waals surface area contributed by atoms with Crippen molar-refractivity contribution in [3.8, 4) is 5.69 Å². The summed E-state index contributed by atoms with van der Waals surface area (Å²) >= 11 is 0. The zero-order chi connectivity index (χ0) is 18.7. The van der Waals surface area contributed by atoms with Crippen molar-refractivity contribution in [1.29, 1.82) is 0 Å². The van der Waals surface area contributed by atoms with Crippen molar-refractivity contribution in [2.45, 2.75) is 6.92 Å². The number of methoxy groups -OCH3 is 1. The van der Waals surface area contributed by atoms with Crippen LogP contribution >= 0.6 is 0 Å². The molecule has 3 rings (SSSR count). The van der Waals surface area contributed by atoms with Crippen molar-refractivity contribution < 1.29 is 18.7 Å². The van der Waals surface area contributed by atoms with Crippen LogP contribution in [0.25, 0.3) is 5.69 Å². The van der Waals surface area contributed by atoms with Gasteiger partial charge in [-0.25, -0.2) is 13.9 Å². The molecule has 0 unspecified atom stereocenters. The van der Waals surface area contributed by atoms with Crippen LogP contribution in [0.3, 0.4) is 0 Å². The first-order valence-electron chi connectivity index (χ1n) is 7.80. The number of amides is 1. The molecule has 0 bridgehead atoms. The third-order valence-electron chi connectivity index (χ3n) is 3.89. The topological polar surface area (TPSA) is 73.2 Å². The van der Waals surface area contributed by atoms with Gasteiger partial charge in [0, 0.05) is 5.69 Å². The van der Waals surface area contributed by atoms with Crippen molar-refractivity contribution in [3.63, 3.8) is 0 Å². The van der Waals surface area contributed by atoms with Crippen LogP contribution in [0.1, 0.15) is 26.4 Å². The number of nitrogens with one attached hydrogen (secondary N) is 1. The van der Waals surface area contributed by atoms with Crippen molar-refractivity contribution >= 4 is 17.6 Å². The van der Waals surface area contributed by atoms with E-state index >= 15 is 0 Å². The number of hydrogen-bond donors (Lipinski definition) is 1. The van der Waals surface area contributed by atoms with Gasteiger partial charge in [-0.05, 0) is 55.5 Å². The molecule has 1 amide bonds. The number of hydrogen-bond acceptors (Lipinski definition) is 4. The number of carbonyl (C=O) groups is 2. The second kappa shape index (κ2) is 7.18. The summed E-state index contributed by atoms with van der Waals surface area (Å²) in [6.07, 6.45) is 1.46. The van der Waals surface area contributed by atoms with E-state index in [1.54, 1.807) is 48.0 Å². The lowest BCUT2D eigenvalue weighted by Crippen LogP contribution is -2.13. The van der Waals surface area contributed by atoms with Gasteiger partial charge >= 0.3 is 5.97 Å². The highest BCUT2D eigenvalue weighted by atomic mass is 19.1. The summed E-state index contributed by atoms with van der Waals surface area (Å²) in [5, 5.41) is 6.95. The fraction of sp³-hybridized carbons (Fsp3) is 0.105. The Morgan fingerprint density at radius 2 is 1.73 bits per heavy atom. The van der Waals surface area contributed by atoms with Gasteiger partial charge in [0.25, 0.3) is 5.91 Å². The van der Waals surface area contributed by atoms with Gasteiger partial charge in [0.05, 0.1) is 35.8 Å². The van der Waals surface area contributed by atoms with E-state index in [0.29, 0.717) is 28.2 Å². The minimum absolute atomic E-state index is 0.332. The largest absolute Gasteiger partial charge is 0.465 e. The lowest BCUT2D eigenvalue weighted by Gasteiger charge is -2.07. The van der Waals surface area contributed by atoms with Crippen molar-refractivity contribution in [3.05, 3.63) is 77.4 Å². The highest BCUT2D eigenvalue weighted by Gasteiger charge is 2.15. The van der Waals surface area contributed by atoms with Gasteiger partial charge in [0.15, 0.2) is 0 Å². The van der Waals surface area contributed by atoms with E-state index in [4.69, 9.17) is 0 Å². The third-order valence-corrected chi connectivity index (χ3v) is 3.89. The van der Waals surface area contributed by atoms with E-state index in [1.807, 2.05) is 0 Å². The van der Waals surface area contributed by atoms with Crippen LogP contribution in [0.4, 0.5) is 10.1 Å². The molecular formula is C19H16FN3O3. The fourth-order valence-electron chi connectivity index (χ4n) is 2.48. The third kappa shape index (κ3) is 3.46. The van der Waals surface area contributed by atoms with Gasteiger partial charge in [-0.15, -0.1) is 0 Å². The zero-order valence-corrected chi connectivity index (χ0v) is 14.2. The van der Waals surface area contributed by atoms with Crippen molar-refractivity contribution in [2.24, 2.45) is 0 Å². The quantitative estimate of drug-likeness (QED) is 0.730. The molecule has 0 atom stereocenters. The second-order valence-corrected chi connectivity index (χ2v) is 5.55. The molecule has 1 aromatic heterocycles. The maximum atomic E-state index is 13.1. The molecule has 0 aliphatic heterocycles. The summed E-state index contributed by atoms with van der Waals surface area (Å²) in [5.41, 5.74) is 2.61. The van der Waals surface area contributed by atoms with Crippen molar-refractivity contribution in [1.82, 2.24) is 9.78 Å². The highest BCUT2D eigenvalue weighted by molar-refractivity contribution is 6.05. The predicted molar refractivity (Wildman–Crippen MR) is 94.0 cm³/mol. The summed E-state index contributed by atoms with van der Waals surface area (Å²) < 4.78 is 19.3. The lowest BCUT2D eigenvalue weighted by molar-refractivity contribution is 0.0600. The Morgan fingerprint density at radius 1 is 1.08 bits per heavy atom. The maximum Gasteiger partial charge on any atom is 0.337 e. The molecule has 0 saturated heterocycles. The molecular weight excluding hydrogens is 337 g/mol. The Kier molecular flexibility index (Phi) is 4.79. The molecule has 0 spiro atoms.